The van der Waals surface area contributed by atoms with E-state index in [2.05, 4.69) is 18.4 Å². The van der Waals surface area contributed by atoms with Gasteiger partial charge in [0.1, 0.15) is 5.41 Å². The summed E-state index contributed by atoms with van der Waals surface area (Å²) in [7, 11) is 1.71. The lowest BCUT2D eigenvalue weighted by atomic mass is 9.80. The lowest BCUT2D eigenvalue weighted by molar-refractivity contribution is -0.145. The van der Waals surface area contributed by atoms with Crippen LogP contribution in [0.25, 0.3) is 0 Å². The standard InChI is InChI=1S/C17H23NO2/c1-5-8-9-11-17(16(20)18(4)13-6-2)12-10-14(7-3)15(17)19/h6-7H,2,5,10-13H2,1,3-4H3/b14-7+. The van der Waals surface area contributed by atoms with Crippen molar-refractivity contribution in [1.29, 1.82) is 0 Å². The average molecular weight is 273 g/mol. The van der Waals surface area contributed by atoms with Crippen molar-refractivity contribution in [1.82, 2.24) is 4.90 Å². The predicted octanol–water partition coefficient (Wildman–Crippen LogP) is 2.73. The molecule has 0 aromatic rings. The van der Waals surface area contributed by atoms with Crippen molar-refractivity contribution in [2.24, 2.45) is 5.41 Å². The third-order valence-electron chi connectivity index (χ3n) is 3.75. The summed E-state index contributed by atoms with van der Waals surface area (Å²) in [6.07, 6.45) is 5.76. The van der Waals surface area contributed by atoms with Crippen LogP contribution >= 0.6 is 0 Å². The maximum Gasteiger partial charge on any atom is 0.237 e. The number of ketones is 1. The summed E-state index contributed by atoms with van der Waals surface area (Å²) in [5.74, 6) is 5.78. The van der Waals surface area contributed by atoms with Gasteiger partial charge in [0.2, 0.25) is 5.91 Å². The van der Waals surface area contributed by atoms with Crippen LogP contribution in [0.1, 0.15) is 39.5 Å². The highest BCUT2D eigenvalue weighted by Crippen LogP contribution is 2.42. The van der Waals surface area contributed by atoms with Gasteiger partial charge in [0.25, 0.3) is 0 Å². The van der Waals surface area contributed by atoms with Gasteiger partial charge in [-0.1, -0.05) is 19.1 Å². The van der Waals surface area contributed by atoms with E-state index in [9.17, 15) is 9.59 Å². The molecule has 108 valence electrons. The van der Waals surface area contributed by atoms with E-state index >= 15 is 0 Å². The molecule has 0 aliphatic heterocycles. The second kappa shape index (κ2) is 7.09. The Morgan fingerprint density at radius 2 is 2.20 bits per heavy atom. The zero-order valence-electron chi connectivity index (χ0n) is 12.7. The largest absolute Gasteiger partial charge is 0.341 e. The summed E-state index contributed by atoms with van der Waals surface area (Å²) in [6, 6.07) is 0. The van der Waals surface area contributed by atoms with Gasteiger partial charge in [-0.25, -0.2) is 0 Å². The predicted molar refractivity (Wildman–Crippen MR) is 80.9 cm³/mol. The van der Waals surface area contributed by atoms with Gasteiger partial charge in [-0.15, -0.1) is 18.4 Å². The van der Waals surface area contributed by atoms with E-state index in [1.165, 1.54) is 0 Å². The molecule has 1 aliphatic rings. The highest BCUT2D eigenvalue weighted by molar-refractivity contribution is 6.15. The number of amides is 1. The number of carbonyl (C=O) groups excluding carboxylic acids is 2. The molecule has 1 rings (SSSR count). The summed E-state index contributed by atoms with van der Waals surface area (Å²) >= 11 is 0. The smallest absolute Gasteiger partial charge is 0.237 e. The van der Waals surface area contributed by atoms with Gasteiger partial charge >= 0.3 is 0 Å². The zero-order chi connectivity index (χ0) is 15.2. The van der Waals surface area contributed by atoms with Crippen molar-refractivity contribution in [3.8, 4) is 11.8 Å². The fourth-order valence-corrected chi connectivity index (χ4v) is 2.59. The van der Waals surface area contributed by atoms with E-state index in [1.54, 1.807) is 18.0 Å². The molecule has 0 aromatic carbocycles. The minimum atomic E-state index is -0.984. The summed E-state index contributed by atoms with van der Waals surface area (Å²) < 4.78 is 0. The van der Waals surface area contributed by atoms with E-state index in [0.717, 1.165) is 12.0 Å². The molecule has 0 aromatic heterocycles. The van der Waals surface area contributed by atoms with Crippen LogP contribution in [0, 0.1) is 17.3 Å². The summed E-state index contributed by atoms with van der Waals surface area (Å²) in [5.41, 5.74) is -0.231. The van der Waals surface area contributed by atoms with Crippen LogP contribution in [0.4, 0.5) is 0 Å². The molecule has 1 unspecified atom stereocenters. The van der Waals surface area contributed by atoms with Gasteiger partial charge in [-0.3, -0.25) is 9.59 Å². The van der Waals surface area contributed by atoms with Gasteiger partial charge in [0, 0.05) is 26.4 Å². The Hall–Kier alpha value is -1.82. The molecule has 1 fully saturated rings. The second-order valence-electron chi connectivity index (χ2n) is 5.08. The highest BCUT2D eigenvalue weighted by Gasteiger charge is 2.51. The normalized spacial score (nSPS) is 23.4. The third-order valence-corrected chi connectivity index (χ3v) is 3.75. The van der Waals surface area contributed by atoms with E-state index in [1.807, 2.05) is 19.9 Å². The van der Waals surface area contributed by atoms with Gasteiger partial charge in [-0.05, 0) is 25.3 Å². The molecule has 3 nitrogen and oxygen atoms in total. The molecular formula is C17H23NO2. The Morgan fingerprint density at radius 1 is 1.50 bits per heavy atom. The molecular weight excluding hydrogens is 250 g/mol. The highest BCUT2D eigenvalue weighted by atomic mass is 16.2. The SMILES string of the molecule is C=CCN(C)C(=O)C1(CC#CCC)CC/C(=C\C)C1=O. The minimum Gasteiger partial charge on any atom is -0.341 e. The van der Waals surface area contributed by atoms with Gasteiger partial charge in [-0.2, -0.15) is 0 Å². The van der Waals surface area contributed by atoms with Crippen molar-refractivity contribution >= 4 is 11.7 Å². The number of rotatable bonds is 4. The van der Waals surface area contributed by atoms with Crippen LogP contribution in [0.3, 0.4) is 0 Å². The molecule has 1 atom stereocenters. The number of carbonyl (C=O) groups is 2. The topological polar surface area (TPSA) is 37.4 Å². The van der Waals surface area contributed by atoms with Crippen molar-refractivity contribution < 1.29 is 9.59 Å². The Labute approximate surface area is 121 Å². The van der Waals surface area contributed by atoms with Crippen LogP contribution < -0.4 is 0 Å². The molecule has 0 N–H and O–H groups in total. The molecule has 1 aliphatic carbocycles. The summed E-state index contributed by atoms with van der Waals surface area (Å²) in [5, 5.41) is 0. The van der Waals surface area contributed by atoms with Gasteiger partial charge < -0.3 is 4.90 Å². The lowest BCUT2D eigenvalue weighted by Crippen LogP contribution is -2.45. The van der Waals surface area contributed by atoms with E-state index < -0.39 is 5.41 Å². The van der Waals surface area contributed by atoms with Crippen LogP contribution in [0.2, 0.25) is 0 Å². The first kappa shape index (κ1) is 16.2. The summed E-state index contributed by atoms with van der Waals surface area (Å²) in [6.45, 7) is 7.89. The number of Topliss-reactive ketones (excluding diaryl/α,β-unsaturated/α-hetero) is 1. The molecule has 0 bridgehead atoms. The van der Waals surface area contributed by atoms with Crippen molar-refractivity contribution in [2.45, 2.75) is 39.5 Å². The van der Waals surface area contributed by atoms with E-state index in [4.69, 9.17) is 0 Å². The maximum absolute atomic E-state index is 12.7. The van der Waals surface area contributed by atoms with Crippen molar-refractivity contribution in [3.05, 3.63) is 24.3 Å². The molecule has 0 spiro atoms. The summed E-state index contributed by atoms with van der Waals surface area (Å²) in [4.78, 5) is 26.8. The molecule has 0 radical (unpaired) electrons. The Morgan fingerprint density at radius 3 is 2.70 bits per heavy atom. The first-order valence-corrected chi connectivity index (χ1v) is 7.05. The maximum atomic E-state index is 12.7. The fourth-order valence-electron chi connectivity index (χ4n) is 2.59. The number of likely N-dealkylation sites (N-methyl/N-ethyl adjacent to an activating group) is 1. The van der Waals surface area contributed by atoms with Crippen LogP contribution in [0.5, 0.6) is 0 Å². The zero-order valence-corrected chi connectivity index (χ0v) is 12.7. The van der Waals surface area contributed by atoms with Crippen molar-refractivity contribution in [2.75, 3.05) is 13.6 Å². The third kappa shape index (κ3) is 3.01. The fraction of sp³-hybridized carbons (Fsp3) is 0.529. The monoisotopic (exact) mass is 273 g/mol. The van der Waals surface area contributed by atoms with Crippen LogP contribution in [-0.4, -0.2) is 30.2 Å². The Kier molecular flexibility index (Phi) is 5.76. The Bertz CT molecular complexity index is 493. The average Bonchev–Trinajstić information content (AvgIpc) is 2.76. The van der Waals surface area contributed by atoms with Crippen LogP contribution in [-0.2, 0) is 9.59 Å². The number of allylic oxidation sites excluding steroid dienone is 2. The molecule has 1 amide bonds. The van der Waals surface area contributed by atoms with Gasteiger partial charge in [0.05, 0.1) is 0 Å². The minimum absolute atomic E-state index is 0.0497. The first-order chi connectivity index (χ1) is 9.53. The van der Waals surface area contributed by atoms with Crippen LogP contribution in [0.15, 0.2) is 24.3 Å². The number of hydrogen-bond donors (Lipinski definition) is 0. The van der Waals surface area contributed by atoms with Crippen molar-refractivity contribution in [3.63, 3.8) is 0 Å². The van der Waals surface area contributed by atoms with E-state index in [0.29, 0.717) is 25.8 Å². The Balaban J connectivity index is 3.12. The first-order valence-electron chi connectivity index (χ1n) is 7.05. The lowest BCUT2D eigenvalue weighted by Gasteiger charge is -2.28. The molecule has 0 heterocycles. The van der Waals surface area contributed by atoms with Gasteiger partial charge in [0.15, 0.2) is 5.78 Å². The molecule has 3 heteroatoms. The molecule has 0 saturated heterocycles. The number of nitrogens with zero attached hydrogens (tertiary/aromatic N) is 1. The second-order valence-corrected chi connectivity index (χ2v) is 5.08. The quantitative estimate of drug-likeness (QED) is 0.342. The molecule has 20 heavy (non-hydrogen) atoms. The van der Waals surface area contributed by atoms with E-state index in [-0.39, 0.29) is 11.7 Å². The number of hydrogen-bond acceptors (Lipinski definition) is 2. The molecule has 1 saturated carbocycles.